The molecule has 0 bridgehead atoms. The summed E-state index contributed by atoms with van der Waals surface area (Å²) in [5.74, 6) is -4.33. The molecule has 0 radical (unpaired) electrons. The Bertz CT molecular complexity index is 661. The van der Waals surface area contributed by atoms with E-state index in [4.69, 9.17) is 4.84 Å². The summed E-state index contributed by atoms with van der Waals surface area (Å²) in [6.45, 7) is 2.02. The molecule has 2 rings (SSSR count). The van der Waals surface area contributed by atoms with E-state index >= 15 is 0 Å². The lowest BCUT2D eigenvalue weighted by Gasteiger charge is -2.11. The smallest absolute Gasteiger partial charge is 0.337 e. The third-order valence-electron chi connectivity index (χ3n) is 3.39. The fourth-order valence-corrected chi connectivity index (χ4v) is 2.10. The highest BCUT2D eigenvalue weighted by Gasteiger charge is 2.23. The highest BCUT2D eigenvalue weighted by atomic mass is 19.2. The standard InChI is InChI=1S/C15H16F2N2O4/c1-3-9-6-10(23-19-9)7-18-14(20)11-4-8(15(21)22-2)5-12(16)13(11)17/h4-5,10H,3,6-7H2,1-2H3,(H,18,20). The fourth-order valence-electron chi connectivity index (χ4n) is 2.10. The van der Waals surface area contributed by atoms with E-state index in [1.807, 2.05) is 6.92 Å². The molecule has 8 heteroatoms. The number of rotatable bonds is 5. The quantitative estimate of drug-likeness (QED) is 0.840. The van der Waals surface area contributed by atoms with E-state index < -0.39 is 29.1 Å². The highest BCUT2D eigenvalue weighted by Crippen LogP contribution is 2.17. The van der Waals surface area contributed by atoms with Crippen molar-refractivity contribution in [2.75, 3.05) is 13.7 Å². The minimum atomic E-state index is -1.33. The van der Waals surface area contributed by atoms with Gasteiger partial charge in [0.1, 0.15) is 6.10 Å². The minimum absolute atomic E-state index is 0.0926. The Morgan fingerprint density at radius 3 is 2.78 bits per heavy atom. The number of hydrogen-bond donors (Lipinski definition) is 1. The molecule has 0 spiro atoms. The van der Waals surface area contributed by atoms with Crippen LogP contribution in [0, 0.1) is 11.6 Å². The molecule has 1 aliphatic rings. The van der Waals surface area contributed by atoms with E-state index in [1.54, 1.807) is 0 Å². The molecule has 1 amide bonds. The molecule has 0 saturated carbocycles. The molecule has 1 atom stereocenters. The second-order valence-electron chi connectivity index (χ2n) is 4.96. The van der Waals surface area contributed by atoms with E-state index in [-0.39, 0.29) is 18.2 Å². The average Bonchev–Trinajstić information content (AvgIpc) is 3.02. The number of nitrogens with zero attached hydrogens (tertiary/aromatic N) is 1. The monoisotopic (exact) mass is 326 g/mol. The molecular weight excluding hydrogens is 310 g/mol. The highest BCUT2D eigenvalue weighted by molar-refractivity contribution is 5.98. The van der Waals surface area contributed by atoms with Gasteiger partial charge in [-0.2, -0.15) is 0 Å². The number of amides is 1. The van der Waals surface area contributed by atoms with Crippen molar-refractivity contribution in [3.05, 3.63) is 34.9 Å². The number of carbonyl (C=O) groups excluding carboxylic acids is 2. The lowest BCUT2D eigenvalue weighted by atomic mass is 10.1. The predicted octanol–water partition coefficient (Wildman–Crippen LogP) is 2.04. The first-order valence-electron chi connectivity index (χ1n) is 7.03. The molecule has 0 fully saturated rings. The normalized spacial score (nSPS) is 16.5. The van der Waals surface area contributed by atoms with Crippen LogP contribution < -0.4 is 5.32 Å². The van der Waals surface area contributed by atoms with Crippen LogP contribution >= 0.6 is 0 Å². The Morgan fingerprint density at radius 1 is 1.43 bits per heavy atom. The van der Waals surface area contributed by atoms with E-state index in [2.05, 4.69) is 15.2 Å². The van der Waals surface area contributed by atoms with Crippen LogP contribution in [0.4, 0.5) is 8.78 Å². The molecule has 1 aliphatic heterocycles. The van der Waals surface area contributed by atoms with Crippen LogP contribution in [0.3, 0.4) is 0 Å². The Hall–Kier alpha value is -2.51. The second-order valence-corrected chi connectivity index (χ2v) is 4.96. The first kappa shape index (κ1) is 16.9. The van der Waals surface area contributed by atoms with Crippen LogP contribution in [0.15, 0.2) is 17.3 Å². The average molecular weight is 326 g/mol. The van der Waals surface area contributed by atoms with Crippen molar-refractivity contribution in [2.45, 2.75) is 25.9 Å². The Labute approximate surface area is 131 Å². The predicted molar refractivity (Wildman–Crippen MR) is 77.2 cm³/mol. The number of carbonyl (C=O) groups is 2. The molecule has 1 unspecified atom stereocenters. The van der Waals surface area contributed by atoms with Crippen molar-refractivity contribution >= 4 is 17.6 Å². The van der Waals surface area contributed by atoms with Crippen molar-refractivity contribution in [2.24, 2.45) is 5.16 Å². The van der Waals surface area contributed by atoms with E-state index in [0.29, 0.717) is 12.5 Å². The summed E-state index contributed by atoms with van der Waals surface area (Å²) in [4.78, 5) is 28.5. The van der Waals surface area contributed by atoms with Crippen molar-refractivity contribution in [3.63, 3.8) is 0 Å². The summed E-state index contributed by atoms with van der Waals surface area (Å²) in [7, 11) is 1.10. The number of halogens is 2. The molecule has 124 valence electrons. The maximum Gasteiger partial charge on any atom is 0.337 e. The molecule has 0 aromatic heterocycles. The number of benzene rings is 1. The minimum Gasteiger partial charge on any atom is -0.465 e. The third kappa shape index (κ3) is 3.82. The van der Waals surface area contributed by atoms with Crippen molar-refractivity contribution < 1.29 is 27.9 Å². The first-order valence-corrected chi connectivity index (χ1v) is 7.03. The van der Waals surface area contributed by atoms with Gasteiger partial charge in [0.2, 0.25) is 0 Å². The van der Waals surface area contributed by atoms with Crippen LogP contribution in [0.25, 0.3) is 0 Å². The Kier molecular flexibility index (Phi) is 5.25. The molecule has 1 N–H and O–H groups in total. The fraction of sp³-hybridized carbons (Fsp3) is 0.400. The zero-order chi connectivity index (χ0) is 17.0. The van der Waals surface area contributed by atoms with Gasteiger partial charge >= 0.3 is 5.97 Å². The summed E-state index contributed by atoms with van der Waals surface area (Å²) >= 11 is 0. The van der Waals surface area contributed by atoms with Crippen molar-refractivity contribution in [1.82, 2.24) is 5.32 Å². The van der Waals surface area contributed by atoms with Crippen LogP contribution in [-0.2, 0) is 9.57 Å². The number of methoxy groups -OCH3 is 1. The summed E-state index contributed by atoms with van der Waals surface area (Å²) in [6, 6.07) is 1.63. The maximum atomic E-state index is 13.8. The van der Waals surface area contributed by atoms with Gasteiger partial charge in [0.25, 0.3) is 5.91 Å². The summed E-state index contributed by atoms with van der Waals surface area (Å²) in [6.07, 6.45) is 0.965. The largest absolute Gasteiger partial charge is 0.465 e. The van der Waals surface area contributed by atoms with Gasteiger partial charge in [-0.25, -0.2) is 13.6 Å². The SMILES string of the molecule is CCC1=NOC(CNC(=O)c2cc(C(=O)OC)cc(F)c2F)C1. The van der Waals surface area contributed by atoms with Gasteiger partial charge in [0.15, 0.2) is 11.6 Å². The van der Waals surface area contributed by atoms with Crippen molar-refractivity contribution in [1.29, 1.82) is 0 Å². The molecule has 0 aliphatic carbocycles. The van der Waals surface area contributed by atoms with E-state index in [0.717, 1.165) is 25.3 Å². The lowest BCUT2D eigenvalue weighted by Crippen LogP contribution is -2.33. The molecule has 23 heavy (non-hydrogen) atoms. The summed E-state index contributed by atoms with van der Waals surface area (Å²) < 4.78 is 31.7. The second kappa shape index (κ2) is 7.17. The Morgan fingerprint density at radius 2 is 2.17 bits per heavy atom. The van der Waals surface area contributed by atoms with Crippen LogP contribution in [0.5, 0.6) is 0 Å². The lowest BCUT2D eigenvalue weighted by molar-refractivity contribution is 0.0600. The molecular formula is C15H16F2N2O4. The molecule has 1 heterocycles. The van der Waals surface area contributed by atoms with Gasteiger partial charge in [0, 0.05) is 6.42 Å². The number of oxime groups is 1. The number of ether oxygens (including phenoxy) is 1. The zero-order valence-corrected chi connectivity index (χ0v) is 12.7. The molecule has 6 nitrogen and oxygen atoms in total. The van der Waals surface area contributed by atoms with Gasteiger partial charge in [-0.15, -0.1) is 0 Å². The molecule has 1 aromatic carbocycles. The molecule has 0 saturated heterocycles. The van der Waals surface area contributed by atoms with Gasteiger partial charge in [-0.1, -0.05) is 12.1 Å². The van der Waals surface area contributed by atoms with E-state index in [1.165, 1.54) is 0 Å². The van der Waals surface area contributed by atoms with Gasteiger partial charge in [-0.05, 0) is 18.6 Å². The third-order valence-corrected chi connectivity index (χ3v) is 3.39. The van der Waals surface area contributed by atoms with Gasteiger partial charge in [0.05, 0.1) is 30.5 Å². The van der Waals surface area contributed by atoms with Crippen LogP contribution in [-0.4, -0.2) is 37.3 Å². The van der Waals surface area contributed by atoms with Gasteiger partial charge < -0.3 is 14.9 Å². The summed E-state index contributed by atoms with van der Waals surface area (Å²) in [5, 5.41) is 6.28. The van der Waals surface area contributed by atoms with Crippen molar-refractivity contribution in [3.8, 4) is 0 Å². The topological polar surface area (TPSA) is 77.0 Å². The number of hydrogen-bond acceptors (Lipinski definition) is 5. The van der Waals surface area contributed by atoms with E-state index in [9.17, 15) is 18.4 Å². The zero-order valence-electron chi connectivity index (χ0n) is 12.7. The van der Waals surface area contributed by atoms with Crippen LogP contribution in [0.2, 0.25) is 0 Å². The molecule has 1 aromatic rings. The summed E-state index contributed by atoms with van der Waals surface area (Å²) in [5.41, 5.74) is 0.0551. The first-order chi connectivity index (χ1) is 11.0. The number of esters is 1. The van der Waals surface area contributed by atoms with Crippen LogP contribution in [0.1, 0.15) is 40.5 Å². The number of nitrogens with one attached hydrogen (secondary N) is 1. The Balaban J connectivity index is 2.07. The maximum absolute atomic E-state index is 13.8. The van der Waals surface area contributed by atoms with Gasteiger partial charge in [-0.3, -0.25) is 4.79 Å².